The third kappa shape index (κ3) is 5.43. The highest BCUT2D eigenvalue weighted by atomic mass is 16.4. The SMILES string of the molecule is CC(O)C1CCN(C(=O)NCC(=O)NCC(=O)O)CC1. The van der Waals surface area contributed by atoms with Crippen LogP contribution in [0.5, 0.6) is 0 Å². The first kappa shape index (κ1) is 16.2. The van der Waals surface area contributed by atoms with E-state index in [0.29, 0.717) is 13.1 Å². The number of aliphatic hydroxyl groups is 1. The van der Waals surface area contributed by atoms with Gasteiger partial charge in [-0.15, -0.1) is 0 Å². The molecule has 1 fully saturated rings. The molecule has 1 atom stereocenters. The number of rotatable bonds is 5. The van der Waals surface area contributed by atoms with E-state index in [9.17, 15) is 19.5 Å². The van der Waals surface area contributed by atoms with Gasteiger partial charge in [-0.2, -0.15) is 0 Å². The lowest BCUT2D eigenvalue weighted by Crippen LogP contribution is -2.48. The molecule has 4 N–H and O–H groups in total. The first-order valence-corrected chi connectivity index (χ1v) is 6.59. The molecular formula is C12H21N3O5. The highest BCUT2D eigenvalue weighted by Gasteiger charge is 2.25. The highest BCUT2D eigenvalue weighted by Crippen LogP contribution is 2.20. The number of aliphatic carboxylic acids is 1. The van der Waals surface area contributed by atoms with E-state index in [0.717, 1.165) is 12.8 Å². The molecule has 8 heteroatoms. The normalized spacial score (nSPS) is 17.4. The monoisotopic (exact) mass is 287 g/mol. The van der Waals surface area contributed by atoms with E-state index in [1.165, 1.54) is 0 Å². The third-order valence-electron chi connectivity index (χ3n) is 3.35. The van der Waals surface area contributed by atoms with Gasteiger partial charge in [-0.05, 0) is 25.7 Å². The van der Waals surface area contributed by atoms with Crippen LogP contribution >= 0.6 is 0 Å². The van der Waals surface area contributed by atoms with E-state index in [-0.39, 0.29) is 24.6 Å². The fraction of sp³-hybridized carbons (Fsp3) is 0.750. The number of urea groups is 1. The predicted molar refractivity (Wildman–Crippen MR) is 70.0 cm³/mol. The summed E-state index contributed by atoms with van der Waals surface area (Å²) >= 11 is 0. The molecule has 1 aliphatic rings. The Morgan fingerprint density at radius 3 is 2.30 bits per heavy atom. The number of likely N-dealkylation sites (tertiary alicyclic amines) is 1. The number of aliphatic hydroxyl groups excluding tert-OH is 1. The molecule has 0 aromatic heterocycles. The Kier molecular flexibility index (Phi) is 6.23. The van der Waals surface area contributed by atoms with Crippen LogP contribution in [-0.2, 0) is 9.59 Å². The first-order chi connectivity index (χ1) is 9.40. The van der Waals surface area contributed by atoms with Gasteiger partial charge in [-0.3, -0.25) is 9.59 Å². The molecule has 0 saturated carbocycles. The second-order valence-corrected chi connectivity index (χ2v) is 4.89. The summed E-state index contributed by atoms with van der Waals surface area (Å²) in [6.45, 7) is 2.11. The van der Waals surface area contributed by atoms with Crippen molar-refractivity contribution >= 4 is 17.9 Å². The molecule has 0 aromatic carbocycles. The van der Waals surface area contributed by atoms with Crippen LogP contribution < -0.4 is 10.6 Å². The van der Waals surface area contributed by atoms with E-state index in [1.54, 1.807) is 11.8 Å². The van der Waals surface area contributed by atoms with Gasteiger partial charge in [-0.1, -0.05) is 0 Å². The molecule has 8 nitrogen and oxygen atoms in total. The van der Waals surface area contributed by atoms with E-state index in [2.05, 4.69) is 10.6 Å². The fourth-order valence-corrected chi connectivity index (χ4v) is 2.09. The van der Waals surface area contributed by atoms with Crippen molar-refractivity contribution in [3.63, 3.8) is 0 Å². The average molecular weight is 287 g/mol. The van der Waals surface area contributed by atoms with Gasteiger partial charge in [0.1, 0.15) is 6.54 Å². The smallest absolute Gasteiger partial charge is 0.322 e. The number of piperidine rings is 1. The van der Waals surface area contributed by atoms with E-state index in [1.807, 2.05) is 0 Å². The van der Waals surface area contributed by atoms with Gasteiger partial charge in [0.25, 0.3) is 0 Å². The van der Waals surface area contributed by atoms with Crippen molar-refractivity contribution in [2.75, 3.05) is 26.2 Å². The zero-order valence-electron chi connectivity index (χ0n) is 11.5. The maximum atomic E-state index is 11.8. The molecule has 0 bridgehead atoms. The minimum absolute atomic E-state index is 0.206. The number of nitrogens with zero attached hydrogens (tertiary/aromatic N) is 1. The number of hydrogen-bond donors (Lipinski definition) is 4. The van der Waals surface area contributed by atoms with Crippen LogP contribution in [0.25, 0.3) is 0 Å². The number of amides is 3. The topological polar surface area (TPSA) is 119 Å². The number of carboxylic acid groups (broad SMARTS) is 1. The summed E-state index contributed by atoms with van der Waals surface area (Å²) in [5, 5.41) is 22.4. The summed E-state index contributed by atoms with van der Waals surface area (Å²) in [7, 11) is 0. The maximum Gasteiger partial charge on any atom is 0.322 e. The lowest BCUT2D eigenvalue weighted by molar-refractivity contribution is -0.137. The molecule has 0 aromatic rings. The summed E-state index contributed by atoms with van der Waals surface area (Å²) in [6.07, 6.45) is 1.09. The summed E-state index contributed by atoms with van der Waals surface area (Å²) < 4.78 is 0. The van der Waals surface area contributed by atoms with Gasteiger partial charge in [-0.25, -0.2) is 4.79 Å². The number of carbonyl (C=O) groups excluding carboxylic acids is 2. The van der Waals surface area contributed by atoms with Crippen LogP contribution in [0.4, 0.5) is 4.79 Å². The molecule has 114 valence electrons. The van der Waals surface area contributed by atoms with E-state index < -0.39 is 18.4 Å². The minimum atomic E-state index is -1.13. The van der Waals surface area contributed by atoms with Gasteiger partial charge >= 0.3 is 12.0 Å². The van der Waals surface area contributed by atoms with Crippen LogP contribution in [0.3, 0.4) is 0 Å². The van der Waals surface area contributed by atoms with Crippen LogP contribution in [-0.4, -0.2) is 65.3 Å². The number of carboxylic acids is 1. The number of carbonyl (C=O) groups is 3. The van der Waals surface area contributed by atoms with Crippen molar-refractivity contribution < 1.29 is 24.6 Å². The molecule has 1 rings (SSSR count). The first-order valence-electron chi connectivity index (χ1n) is 6.59. The predicted octanol–water partition coefficient (Wildman–Crippen LogP) is -1.01. The van der Waals surface area contributed by atoms with Crippen molar-refractivity contribution in [2.45, 2.75) is 25.9 Å². The second-order valence-electron chi connectivity index (χ2n) is 4.89. The summed E-state index contributed by atoms with van der Waals surface area (Å²) in [5.41, 5.74) is 0. The van der Waals surface area contributed by atoms with Crippen LogP contribution in [0.2, 0.25) is 0 Å². The Morgan fingerprint density at radius 1 is 1.20 bits per heavy atom. The lowest BCUT2D eigenvalue weighted by atomic mass is 9.92. The van der Waals surface area contributed by atoms with Crippen LogP contribution in [0.1, 0.15) is 19.8 Å². The Bertz CT molecular complexity index is 364. The molecule has 1 aliphatic heterocycles. The standard InChI is InChI=1S/C12H21N3O5/c1-8(16)9-2-4-15(5-3-9)12(20)14-6-10(17)13-7-11(18)19/h8-9,16H,2-7H2,1H3,(H,13,17)(H,14,20)(H,18,19). The second kappa shape index (κ2) is 7.68. The summed E-state index contributed by atoms with van der Waals surface area (Å²) in [4.78, 5) is 34.8. The fourth-order valence-electron chi connectivity index (χ4n) is 2.09. The summed E-state index contributed by atoms with van der Waals surface area (Å²) in [6, 6.07) is -0.348. The zero-order valence-corrected chi connectivity index (χ0v) is 11.5. The van der Waals surface area contributed by atoms with Gasteiger partial charge in [0.15, 0.2) is 0 Å². The van der Waals surface area contributed by atoms with Crippen LogP contribution in [0, 0.1) is 5.92 Å². The van der Waals surface area contributed by atoms with Crippen LogP contribution in [0.15, 0.2) is 0 Å². The molecule has 0 spiro atoms. The Balaban J connectivity index is 2.23. The summed E-state index contributed by atoms with van der Waals surface area (Å²) in [5.74, 6) is -1.47. The molecule has 3 amide bonds. The molecule has 1 unspecified atom stereocenters. The number of nitrogens with one attached hydrogen (secondary N) is 2. The molecule has 0 radical (unpaired) electrons. The number of hydrogen-bond acceptors (Lipinski definition) is 4. The van der Waals surface area contributed by atoms with E-state index >= 15 is 0 Å². The average Bonchev–Trinajstić information content (AvgIpc) is 2.42. The Labute approximate surface area is 117 Å². The van der Waals surface area contributed by atoms with Gasteiger partial charge in [0, 0.05) is 13.1 Å². The maximum absolute atomic E-state index is 11.8. The third-order valence-corrected chi connectivity index (χ3v) is 3.35. The Morgan fingerprint density at radius 2 is 1.80 bits per heavy atom. The van der Waals surface area contributed by atoms with E-state index in [4.69, 9.17) is 5.11 Å². The lowest BCUT2D eigenvalue weighted by Gasteiger charge is -2.33. The van der Waals surface area contributed by atoms with Gasteiger partial charge in [0.05, 0.1) is 12.6 Å². The van der Waals surface area contributed by atoms with Crippen molar-refractivity contribution in [3.05, 3.63) is 0 Å². The van der Waals surface area contributed by atoms with Crippen molar-refractivity contribution in [1.29, 1.82) is 0 Å². The molecule has 20 heavy (non-hydrogen) atoms. The van der Waals surface area contributed by atoms with Gasteiger partial charge in [0.2, 0.25) is 5.91 Å². The molecule has 1 saturated heterocycles. The van der Waals surface area contributed by atoms with Gasteiger partial charge < -0.3 is 25.7 Å². The highest BCUT2D eigenvalue weighted by molar-refractivity contribution is 5.86. The minimum Gasteiger partial charge on any atom is -0.480 e. The van der Waals surface area contributed by atoms with Crippen molar-refractivity contribution in [2.24, 2.45) is 5.92 Å². The van der Waals surface area contributed by atoms with Crippen molar-refractivity contribution in [3.8, 4) is 0 Å². The molecular weight excluding hydrogens is 266 g/mol. The molecule has 1 heterocycles. The largest absolute Gasteiger partial charge is 0.480 e. The Hall–Kier alpha value is -1.83. The molecule has 0 aliphatic carbocycles. The van der Waals surface area contributed by atoms with Crippen molar-refractivity contribution in [1.82, 2.24) is 15.5 Å². The zero-order chi connectivity index (χ0) is 15.1. The quantitative estimate of drug-likeness (QED) is 0.516.